The molecule has 1 amide bonds. The van der Waals surface area contributed by atoms with Crippen molar-refractivity contribution in [1.82, 2.24) is 4.98 Å². The van der Waals surface area contributed by atoms with E-state index in [2.05, 4.69) is 24.1 Å². The van der Waals surface area contributed by atoms with Gasteiger partial charge in [-0.1, -0.05) is 38.5 Å². The first-order chi connectivity index (χ1) is 8.76. The number of H-pyrrole nitrogens is 1. The molecule has 3 heteroatoms. The summed E-state index contributed by atoms with van der Waals surface area (Å²) in [5.41, 5.74) is 3.13. The Kier molecular flexibility index (Phi) is 4.03. The van der Waals surface area contributed by atoms with Crippen molar-refractivity contribution in [3.05, 3.63) is 30.0 Å². The third-order valence-corrected chi connectivity index (χ3v) is 3.16. The minimum absolute atomic E-state index is 0.108. The SMILES string of the molecule is CCCCC(=O)Nc1c(CC)[nH]c2ccccc12. The van der Waals surface area contributed by atoms with Crippen LogP contribution in [0.4, 0.5) is 5.69 Å². The monoisotopic (exact) mass is 244 g/mol. The molecular formula is C15H20N2O. The maximum Gasteiger partial charge on any atom is 0.224 e. The van der Waals surface area contributed by atoms with Crippen molar-refractivity contribution in [3.63, 3.8) is 0 Å². The van der Waals surface area contributed by atoms with E-state index in [0.29, 0.717) is 6.42 Å². The van der Waals surface area contributed by atoms with Crippen LogP contribution >= 0.6 is 0 Å². The lowest BCUT2D eigenvalue weighted by atomic mass is 10.2. The zero-order chi connectivity index (χ0) is 13.0. The lowest BCUT2D eigenvalue weighted by Crippen LogP contribution is -2.11. The number of nitrogens with one attached hydrogen (secondary N) is 2. The van der Waals surface area contributed by atoms with Gasteiger partial charge in [0.2, 0.25) is 5.91 Å². The number of aryl methyl sites for hydroxylation is 1. The van der Waals surface area contributed by atoms with E-state index < -0.39 is 0 Å². The highest BCUT2D eigenvalue weighted by molar-refractivity contribution is 6.03. The van der Waals surface area contributed by atoms with E-state index in [1.54, 1.807) is 0 Å². The van der Waals surface area contributed by atoms with Crippen LogP contribution in [0.5, 0.6) is 0 Å². The maximum atomic E-state index is 11.9. The van der Waals surface area contributed by atoms with E-state index in [-0.39, 0.29) is 5.91 Å². The van der Waals surface area contributed by atoms with Gasteiger partial charge in [-0.2, -0.15) is 0 Å². The minimum atomic E-state index is 0.108. The van der Waals surface area contributed by atoms with Crippen molar-refractivity contribution in [2.24, 2.45) is 0 Å². The van der Waals surface area contributed by atoms with Crippen LogP contribution in [0.1, 0.15) is 38.8 Å². The summed E-state index contributed by atoms with van der Waals surface area (Å²) < 4.78 is 0. The molecule has 0 bridgehead atoms. The molecular weight excluding hydrogens is 224 g/mol. The number of hydrogen-bond acceptors (Lipinski definition) is 1. The fourth-order valence-electron chi connectivity index (χ4n) is 2.14. The number of rotatable bonds is 5. The minimum Gasteiger partial charge on any atom is -0.357 e. The van der Waals surface area contributed by atoms with Crippen molar-refractivity contribution in [2.45, 2.75) is 39.5 Å². The molecule has 0 saturated carbocycles. The maximum absolute atomic E-state index is 11.9. The first-order valence-corrected chi connectivity index (χ1v) is 6.65. The molecule has 0 radical (unpaired) electrons. The largest absolute Gasteiger partial charge is 0.357 e. The topological polar surface area (TPSA) is 44.9 Å². The van der Waals surface area contributed by atoms with Crippen LogP contribution in [-0.2, 0) is 11.2 Å². The number of anilines is 1. The molecule has 2 N–H and O–H groups in total. The summed E-state index contributed by atoms with van der Waals surface area (Å²) in [5.74, 6) is 0.108. The average molecular weight is 244 g/mol. The molecule has 1 aromatic carbocycles. The Balaban J connectivity index is 2.28. The molecule has 0 fully saturated rings. The summed E-state index contributed by atoms with van der Waals surface area (Å²) in [5, 5.41) is 4.15. The van der Waals surface area contributed by atoms with Gasteiger partial charge in [0.05, 0.1) is 5.69 Å². The Morgan fingerprint density at radius 2 is 2.06 bits per heavy atom. The van der Waals surface area contributed by atoms with Gasteiger partial charge in [0.25, 0.3) is 0 Å². The van der Waals surface area contributed by atoms with Crippen LogP contribution in [0, 0.1) is 0 Å². The second-order valence-electron chi connectivity index (χ2n) is 4.53. The quantitative estimate of drug-likeness (QED) is 0.824. The smallest absolute Gasteiger partial charge is 0.224 e. The van der Waals surface area contributed by atoms with Gasteiger partial charge < -0.3 is 10.3 Å². The number of aromatic amines is 1. The number of hydrogen-bond donors (Lipinski definition) is 2. The third-order valence-electron chi connectivity index (χ3n) is 3.16. The molecule has 1 heterocycles. The van der Waals surface area contributed by atoms with Crippen LogP contribution in [-0.4, -0.2) is 10.9 Å². The molecule has 0 saturated heterocycles. The standard InChI is InChI=1S/C15H20N2O/c1-3-5-10-14(18)17-15-11-8-6-7-9-13(11)16-12(15)4-2/h6-9,16H,3-5,10H2,1-2H3,(H,17,18). The molecule has 0 aliphatic heterocycles. The highest BCUT2D eigenvalue weighted by atomic mass is 16.1. The number of para-hydroxylation sites is 1. The molecule has 2 aromatic rings. The van der Waals surface area contributed by atoms with Crippen molar-refractivity contribution in [1.29, 1.82) is 0 Å². The second kappa shape index (κ2) is 5.71. The summed E-state index contributed by atoms with van der Waals surface area (Å²) in [6.45, 7) is 4.18. The lowest BCUT2D eigenvalue weighted by Gasteiger charge is -2.05. The summed E-state index contributed by atoms with van der Waals surface area (Å²) >= 11 is 0. The van der Waals surface area contributed by atoms with E-state index in [1.165, 1.54) is 0 Å². The van der Waals surface area contributed by atoms with Crippen molar-refractivity contribution in [2.75, 3.05) is 5.32 Å². The van der Waals surface area contributed by atoms with Gasteiger partial charge in [0, 0.05) is 23.0 Å². The van der Waals surface area contributed by atoms with Crippen LogP contribution in [0.25, 0.3) is 10.9 Å². The zero-order valence-electron chi connectivity index (χ0n) is 11.0. The average Bonchev–Trinajstić information content (AvgIpc) is 2.75. The molecule has 3 nitrogen and oxygen atoms in total. The Hall–Kier alpha value is -1.77. The second-order valence-corrected chi connectivity index (χ2v) is 4.53. The number of carbonyl (C=O) groups excluding carboxylic acids is 1. The summed E-state index contributed by atoms with van der Waals surface area (Å²) in [6, 6.07) is 8.08. The van der Waals surface area contributed by atoms with Gasteiger partial charge in [-0.25, -0.2) is 0 Å². The molecule has 0 unspecified atom stereocenters. The molecule has 0 spiro atoms. The number of fused-ring (bicyclic) bond motifs is 1. The molecule has 0 atom stereocenters. The summed E-state index contributed by atoms with van der Waals surface area (Å²) in [6.07, 6.45) is 3.47. The first-order valence-electron chi connectivity index (χ1n) is 6.65. The Morgan fingerprint density at radius 3 is 2.78 bits per heavy atom. The van der Waals surface area contributed by atoms with Gasteiger partial charge in [0.1, 0.15) is 0 Å². The van der Waals surface area contributed by atoms with Gasteiger partial charge in [0.15, 0.2) is 0 Å². The van der Waals surface area contributed by atoms with Crippen LogP contribution < -0.4 is 5.32 Å². The summed E-state index contributed by atoms with van der Waals surface area (Å²) in [4.78, 5) is 15.2. The Morgan fingerprint density at radius 1 is 1.28 bits per heavy atom. The molecule has 0 aliphatic rings. The van der Waals surface area contributed by atoms with Crippen LogP contribution in [0.2, 0.25) is 0 Å². The fourth-order valence-corrected chi connectivity index (χ4v) is 2.14. The third kappa shape index (κ3) is 2.55. The van der Waals surface area contributed by atoms with E-state index in [0.717, 1.165) is 41.5 Å². The summed E-state index contributed by atoms with van der Waals surface area (Å²) in [7, 11) is 0. The predicted molar refractivity (Wildman–Crippen MR) is 75.8 cm³/mol. The first kappa shape index (κ1) is 12.7. The zero-order valence-corrected chi connectivity index (χ0v) is 11.0. The number of amides is 1. The van der Waals surface area contributed by atoms with Crippen molar-refractivity contribution < 1.29 is 4.79 Å². The number of benzene rings is 1. The lowest BCUT2D eigenvalue weighted by molar-refractivity contribution is -0.116. The Bertz CT molecular complexity index is 542. The number of unbranched alkanes of at least 4 members (excludes halogenated alkanes) is 1. The molecule has 96 valence electrons. The van der Waals surface area contributed by atoms with Crippen molar-refractivity contribution in [3.8, 4) is 0 Å². The number of carbonyl (C=O) groups is 1. The van der Waals surface area contributed by atoms with E-state index >= 15 is 0 Å². The van der Waals surface area contributed by atoms with Gasteiger partial charge >= 0.3 is 0 Å². The molecule has 1 aromatic heterocycles. The molecule has 18 heavy (non-hydrogen) atoms. The van der Waals surface area contributed by atoms with Crippen molar-refractivity contribution >= 4 is 22.5 Å². The van der Waals surface area contributed by atoms with Crippen LogP contribution in [0.15, 0.2) is 24.3 Å². The van der Waals surface area contributed by atoms with Gasteiger partial charge in [-0.3, -0.25) is 4.79 Å². The molecule has 0 aliphatic carbocycles. The number of aromatic nitrogens is 1. The van der Waals surface area contributed by atoms with E-state index in [1.807, 2.05) is 24.3 Å². The fraction of sp³-hybridized carbons (Fsp3) is 0.400. The molecule has 2 rings (SSSR count). The van der Waals surface area contributed by atoms with Gasteiger partial charge in [-0.05, 0) is 18.9 Å². The predicted octanol–water partition coefficient (Wildman–Crippen LogP) is 3.86. The highest BCUT2D eigenvalue weighted by Crippen LogP contribution is 2.28. The normalized spacial score (nSPS) is 10.8. The highest BCUT2D eigenvalue weighted by Gasteiger charge is 2.12. The van der Waals surface area contributed by atoms with E-state index in [4.69, 9.17) is 0 Å². The van der Waals surface area contributed by atoms with Gasteiger partial charge in [-0.15, -0.1) is 0 Å². The van der Waals surface area contributed by atoms with Crippen LogP contribution in [0.3, 0.4) is 0 Å². The van der Waals surface area contributed by atoms with E-state index in [9.17, 15) is 4.79 Å². The Labute approximate surface area is 108 Å².